The van der Waals surface area contributed by atoms with Crippen molar-refractivity contribution in [1.29, 1.82) is 0 Å². The molecular formula is C38H37FN4O3. The minimum absolute atomic E-state index is 0.206. The van der Waals surface area contributed by atoms with Gasteiger partial charge in [0.2, 0.25) is 0 Å². The van der Waals surface area contributed by atoms with Crippen molar-refractivity contribution < 1.29 is 18.4 Å². The molecule has 0 unspecified atom stereocenters. The number of furan rings is 1. The second kappa shape index (κ2) is 13.3. The lowest BCUT2D eigenvalue weighted by atomic mass is 9.95. The predicted octanol–water partition coefficient (Wildman–Crippen LogP) is 8.36. The van der Waals surface area contributed by atoms with Crippen molar-refractivity contribution in [2.45, 2.75) is 46.1 Å². The van der Waals surface area contributed by atoms with Crippen LogP contribution in [-0.2, 0) is 0 Å². The third-order valence-corrected chi connectivity index (χ3v) is 8.31. The molecule has 1 aromatic heterocycles. The van der Waals surface area contributed by atoms with Crippen LogP contribution in [0.2, 0.25) is 0 Å². The van der Waals surface area contributed by atoms with E-state index >= 15 is 0 Å². The number of halogens is 1. The van der Waals surface area contributed by atoms with Crippen molar-refractivity contribution >= 4 is 34.2 Å². The first kappa shape index (κ1) is 32.0. The Morgan fingerprint density at radius 2 is 1.70 bits per heavy atom. The fourth-order valence-electron chi connectivity index (χ4n) is 5.33. The lowest BCUT2D eigenvalue weighted by molar-refractivity contribution is 0.0940. The van der Waals surface area contributed by atoms with Gasteiger partial charge in [-0.1, -0.05) is 43.0 Å². The summed E-state index contributed by atoms with van der Waals surface area (Å²) in [6.45, 7) is 11.5. The number of allylic oxidation sites excluding steroid dienone is 5. The third kappa shape index (κ3) is 6.52. The molecule has 0 aliphatic heterocycles. The largest absolute Gasteiger partial charge is 0.455 e. The molecule has 3 aromatic carbocycles. The molecule has 0 radical (unpaired) electrons. The van der Waals surface area contributed by atoms with Crippen LogP contribution in [0.4, 0.5) is 4.39 Å². The number of nitrogens with one attached hydrogen (secondary N) is 2. The van der Waals surface area contributed by atoms with Crippen LogP contribution in [0.5, 0.6) is 0 Å². The summed E-state index contributed by atoms with van der Waals surface area (Å²) in [5.41, 5.74) is 6.43. The number of amides is 2. The molecule has 5 rings (SSSR count). The van der Waals surface area contributed by atoms with Gasteiger partial charge in [-0.05, 0) is 111 Å². The van der Waals surface area contributed by atoms with Gasteiger partial charge < -0.3 is 15.1 Å². The second-order valence-electron chi connectivity index (χ2n) is 11.4. The van der Waals surface area contributed by atoms with Crippen LogP contribution in [0.3, 0.4) is 0 Å². The van der Waals surface area contributed by atoms with E-state index in [9.17, 15) is 14.0 Å². The van der Waals surface area contributed by atoms with Crippen LogP contribution in [-0.4, -0.2) is 35.8 Å². The number of rotatable bonds is 10. The van der Waals surface area contributed by atoms with E-state index < -0.39 is 5.54 Å². The van der Waals surface area contributed by atoms with Crippen LogP contribution < -0.4 is 10.6 Å². The van der Waals surface area contributed by atoms with Crippen molar-refractivity contribution in [2.75, 3.05) is 7.05 Å². The van der Waals surface area contributed by atoms with Gasteiger partial charge in [0.15, 0.2) is 0 Å². The second-order valence-corrected chi connectivity index (χ2v) is 11.4. The van der Waals surface area contributed by atoms with Gasteiger partial charge in [0.25, 0.3) is 11.8 Å². The molecule has 8 heteroatoms. The Hall–Kier alpha value is -5.37. The molecule has 0 saturated heterocycles. The summed E-state index contributed by atoms with van der Waals surface area (Å²) < 4.78 is 19.7. The number of fused-ring (bicyclic) bond motifs is 1. The van der Waals surface area contributed by atoms with Crippen LogP contribution in [0.1, 0.15) is 59.9 Å². The summed E-state index contributed by atoms with van der Waals surface area (Å²) in [5.74, 6) is -0.544. The van der Waals surface area contributed by atoms with Crippen molar-refractivity contribution in [3.05, 3.63) is 120 Å². The molecular weight excluding hydrogens is 579 g/mol. The normalized spacial score (nSPS) is 14.9. The maximum absolute atomic E-state index is 13.6. The summed E-state index contributed by atoms with van der Waals surface area (Å²) in [6.07, 6.45) is 9.07. The number of nitrogens with zero attached hydrogens (tertiary/aromatic N) is 2. The lowest BCUT2D eigenvalue weighted by Gasteiger charge is -2.17. The first-order chi connectivity index (χ1) is 22.1. The smallest absolute Gasteiger partial charge is 0.255 e. The first-order valence-corrected chi connectivity index (χ1v) is 15.1. The van der Waals surface area contributed by atoms with Gasteiger partial charge in [0.1, 0.15) is 17.2 Å². The molecule has 0 bridgehead atoms. The monoisotopic (exact) mass is 616 g/mol. The van der Waals surface area contributed by atoms with Crippen molar-refractivity contribution in [2.24, 2.45) is 10.2 Å². The Kier molecular flexibility index (Phi) is 9.28. The van der Waals surface area contributed by atoms with E-state index in [1.54, 1.807) is 31.3 Å². The highest BCUT2D eigenvalue weighted by atomic mass is 19.1. The molecule has 4 aromatic rings. The number of aryl methyl sites for hydroxylation is 1. The molecule has 1 aliphatic rings. The zero-order valence-electron chi connectivity index (χ0n) is 26.7. The summed E-state index contributed by atoms with van der Waals surface area (Å²) >= 11 is 0. The predicted molar refractivity (Wildman–Crippen MR) is 184 cm³/mol. The van der Waals surface area contributed by atoms with E-state index in [2.05, 4.69) is 27.4 Å². The standard InChI is InChI=1S/C38H37FN4O3/c1-7-9-10-26(8-2)24(4)42-43-25(5)38(19-20-38)41-36(44)29-12-11-23(3)31(22-29)28-15-18-33-32(21-28)34(37(45)40-6)35(46-33)27-13-16-30(39)17-14-27/h7-18,21-22H,2,19-20H2,1,3-6H3,(H,40,45)(H,41,44)/b9-7-,26-10+,42-24+,43-25+. The third-order valence-electron chi connectivity index (χ3n) is 8.31. The van der Waals surface area contributed by atoms with Gasteiger partial charge in [0.05, 0.1) is 22.5 Å². The van der Waals surface area contributed by atoms with Crippen LogP contribution in [0.15, 0.2) is 112 Å². The number of hydrogen-bond acceptors (Lipinski definition) is 5. The van der Waals surface area contributed by atoms with E-state index in [0.717, 1.165) is 46.5 Å². The molecule has 46 heavy (non-hydrogen) atoms. The van der Waals surface area contributed by atoms with Crippen molar-refractivity contribution in [3.8, 4) is 22.5 Å². The minimum atomic E-state index is -0.540. The molecule has 234 valence electrons. The highest BCUT2D eigenvalue weighted by Gasteiger charge is 2.47. The highest BCUT2D eigenvalue weighted by molar-refractivity contribution is 6.12. The average Bonchev–Trinajstić information content (AvgIpc) is 3.75. The fraction of sp³-hybridized carbons (Fsp3) is 0.211. The lowest BCUT2D eigenvalue weighted by Crippen LogP contribution is -2.42. The Balaban J connectivity index is 1.45. The van der Waals surface area contributed by atoms with E-state index in [-0.39, 0.29) is 17.6 Å². The summed E-state index contributed by atoms with van der Waals surface area (Å²) in [6, 6.07) is 17.0. The Morgan fingerprint density at radius 1 is 0.978 bits per heavy atom. The van der Waals surface area contributed by atoms with Crippen LogP contribution in [0.25, 0.3) is 33.4 Å². The SMILES string of the molecule is C=CC(=C\C=C/C)/C(C)=N/N=C(\C)C1(NC(=O)c2ccc(C)c(-c3ccc4oc(-c5ccc(F)cc5)c(C(=O)NC)c4c3)c2)CC1. The van der Waals surface area contributed by atoms with E-state index in [4.69, 9.17) is 4.42 Å². The van der Waals surface area contributed by atoms with Gasteiger partial charge in [-0.2, -0.15) is 10.2 Å². The zero-order chi connectivity index (χ0) is 33.0. The fourth-order valence-corrected chi connectivity index (χ4v) is 5.33. The molecule has 2 amide bonds. The number of hydrogen-bond donors (Lipinski definition) is 2. The van der Waals surface area contributed by atoms with E-state index in [0.29, 0.717) is 33.4 Å². The molecule has 1 fully saturated rings. The number of carbonyl (C=O) groups is 2. The van der Waals surface area contributed by atoms with Gasteiger partial charge >= 0.3 is 0 Å². The van der Waals surface area contributed by atoms with Crippen molar-refractivity contribution in [1.82, 2.24) is 10.6 Å². The molecule has 2 N–H and O–H groups in total. The molecule has 7 nitrogen and oxygen atoms in total. The summed E-state index contributed by atoms with van der Waals surface area (Å²) in [4.78, 5) is 26.6. The van der Waals surface area contributed by atoms with Gasteiger partial charge in [-0.15, -0.1) is 0 Å². The zero-order valence-corrected chi connectivity index (χ0v) is 26.7. The van der Waals surface area contributed by atoms with Gasteiger partial charge in [0, 0.05) is 23.6 Å². The molecule has 1 heterocycles. The molecule has 1 saturated carbocycles. The topological polar surface area (TPSA) is 96.1 Å². The van der Waals surface area contributed by atoms with E-state index in [1.807, 2.05) is 76.3 Å². The number of carbonyl (C=O) groups excluding carboxylic acids is 2. The molecule has 0 spiro atoms. The average molecular weight is 617 g/mol. The molecule has 0 atom stereocenters. The highest BCUT2D eigenvalue weighted by Crippen LogP contribution is 2.39. The quantitative estimate of drug-likeness (QED) is 0.106. The van der Waals surface area contributed by atoms with Crippen molar-refractivity contribution in [3.63, 3.8) is 0 Å². The van der Waals surface area contributed by atoms with Gasteiger partial charge in [-0.3, -0.25) is 9.59 Å². The van der Waals surface area contributed by atoms with Crippen LogP contribution >= 0.6 is 0 Å². The summed E-state index contributed by atoms with van der Waals surface area (Å²) in [7, 11) is 1.55. The minimum Gasteiger partial charge on any atom is -0.455 e. The van der Waals surface area contributed by atoms with E-state index in [1.165, 1.54) is 12.1 Å². The summed E-state index contributed by atoms with van der Waals surface area (Å²) in [5, 5.41) is 15.4. The molecule has 1 aliphatic carbocycles. The Bertz CT molecular complexity index is 1960. The maximum Gasteiger partial charge on any atom is 0.255 e. The first-order valence-electron chi connectivity index (χ1n) is 15.1. The van der Waals surface area contributed by atoms with Crippen LogP contribution in [0, 0.1) is 12.7 Å². The number of benzene rings is 3. The Labute approximate surface area is 268 Å². The Morgan fingerprint density at radius 3 is 2.35 bits per heavy atom. The maximum atomic E-state index is 13.6. The van der Waals surface area contributed by atoms with Gasteiger partial charge in [-0.25, -0.2) is 4.39 Å².